The molecule has 0 saturated carbocycles. The Hall–Kier alpha value is -3.35. The fourth-order valence-electron chi connectivity index (χ4n) is 2.63. The monoisotopic (exact) mass is 340 g/mol. The van der Waals surface area contributed by atoms with Crippen LogP contribution in [0.5, 0.6) is 11.5 Å². The van der Waals surface area contributed by atoms with Crippen molar-refractivity contribution >= 4 is 17.4 Å². The van der Waals surface area contributed by atoms with Gasteiger partial charge in [-0.05, 0) is 35.4 Å². The highest BCUT2D eigenvalue weighted by atomic mass is 16.5. The maximum absolute atomic E-state index is 12.7. The van der Waals surface area contributed by atoms with Crippen LogP contribution in [0.1, 0.15) is 11.1 Å². The lowest BCUT2D eigenvalue weighted by molar-refractivity contribution is -0.138. The number of nitrogens with zero attached hydrogens (tertiary/aromatic N) is 2. The highest BCUT2D eigenvalue weighted by Crippen LogP contribution is 2.34. The highest BCUT2D eigenvalue weighted by Gasteiger charge is 2.39. The lowest BCUT2D eigenvalue weighted by Gasteiger charge is -2.14. The van der Waals surface area contributed by atoms with Gasteiger partial charge in [-0.15, -0.1) is 0 Å². The number of hydrogen-bond acceptors (Lipinski definition) is 6. The number of methoxy groups -OCH3 is 2. The number of carbonyl (C=O) groups excluding carboxylic acids is 2. The van der Waals surface area contributed by atoms with Crippen molar-refractivity contribution in [1.82, 2.24) is 9.88 Å². The summed E-state index contributed by atoms with van der Waals surface area (Å²) in [4.78, 5) is 29.9. The van der Waals surface area contributed by atoms with E-state index in [1.165, 1.54) is 14.2 Å². The Balaban J connectivity index is 1.94. The first-order valence-electron chi connectivity index (χ1n) is 7.47. The van der Waals surface area contributed by atoms with Gasteiger partial charge in [0.1, 0.15) is 0 Å². The van der Waals surface area contributed by atoms with Gasteiger partial charge in [0, 0.05) is 12.4 Å². The molecule has 1 aromatic heterocycles. The average Bonchev–Trinajstić information content (AvgIpc) is 2.85. The molecule has 25 heavy (non-hydrogen) atoms. The van der Waals surface area contributed by atoms with Crippen LogP contribution in [0.4, 0.5) is 0 Å². The van der Waals surface area contributed by atoms with E-state index in [4.69, 9.17) is 9.47 Å². The van der Waals surface area contributed by atoms with Gasteiger partial charge in [-0.25, -0.2) is 0 Å². The first kappa shape index (κ1) is 16.5. The van der Waals surface area contributed by atoms with Gasteiger partial charge in [-0.3, -0.25) is 19.5 Å². The maximum atomic E-state index is 12.7. The van der Waals surface area contributed by atoms with Crippen LogP contribution in [0.25, 0.3) is 5.57 Å². The molecule has 2 heterocycles. The Labute approximate surface area is 144 Å². The average molecular weight is 340 g/mol. The van der Waals surface area contributed by atoms with E-state index in [0.29, 0.717) is 17.1 Å². The minimum atomic E-state index is -0.730. The summed E-state index contributed by atoms with van der Waals surface area (Å²) < 4.78 is 10.4. The van der Waals surface area contributed by atoms with Gasteiger partial charge in [0.05, 0.1) is 26.3 Å². The number of aliphatic hydroxyl groups excluding tert-OH is 1. The highest BCUT2D eigenvalue weighted by molar-refractivity contribution is 6.34. The van der Waals surface area contributed by atoms with E-state index in [0.717, 1.165) is 10.5 Å². The quantitative estimate of drug-likeness (QED) is 0.837. The van der Waals surface area contributed by atoms with Crippen molar-refractivity contribution in [1.29, 1.82) is 0 Å². The number of rotatable bonds is 5. The summed E-state index contributed by atoms with van der Waals surface area (Å²) in [6.07, 6.45) is 3.14. The molecule has 0 aliphatic carbocycles. The third-order valence-corrected chi connectivity index (χ3v) is 3.91. The first-order chi connectivity index (χ1) is 12.1. The molecule has 2 aromatic rings. The predicted molar refractivity (Wildman–Crippen MR) is 88.9 cm³/mol. The minimum Gasteiger partial charge on any atom is -0.502 e. The van der Waals surface area contributed by atoms with Crippen LogP contribution >= 0.6 is 0 Å². The number of hydrogen-bond donors (Lipinski definition) is 1. The zero-order valence-electron chi connectivity index (χ0n) is 13.7. The van der Waals surface area contributed by atoms with Crippen LogP contribution in [-0.2, 0) is 16.1 Å². The zero-order chi connectivity index (χ0) is 18.0. The Morgan fingerprint density at radius 1 is 1.00 bits per heavy atom. The normalized spacial score (nSPS) is 14.2. The molecule has 1 aliphatic rings. The topological polar surface area (TPSA) is 89.0 Å². The second-order valence-electron chi connectivity index (χ2n) is 5.35. The zero-order valence-corrected chi connectivity index (χ0v) is 13.7. The summed E-state index contributed by atoms with van der Waals surface area (Å²) in [7, 11) is 2.96. The van der Waals surface area contributed by atoms with Crippen LogP contribution in [0, 0.1) is 0 Å². The smallest absolute Gasteiger partial charge is 0.296 e. The van der Waals surface area contributed by atoms with Crippen molar-refractivity contribution in [2.45, 2.75) is 6.54 Å². The van der Waals surface area contributed by atoms with Crippen LogP contribution in [-0.4, -0.2) is 41.0 Å². The molecule has 3 rings (SSSR count). The van der Waals surface area contributed by atoms with Gasteiger partial charge >= 0.3 is 0 Å². The molecule has 2 amide bonds. The van der Waals surface area contributed by atoms with Crippen LogP contribution in [0.2, 0.25) is 0 Å². The minimum absolute atomic E-state index is 0.0555. The lowest BCUT2D eigenvalue weighted by atomic mass is 10.0. The summed E-state index contributed by atoms with van der Waals surface area (Å²) in [5, 5.41) is 10.2. The number of aliphatic hydroxyl groups is 1. The van der Waals surface area contributed by atoms with Gasteiger partial charge in [0.25, 0.3) is 11.8 Å². The second kappa shape index (κ2) is 6.64. The molecule has 0 spiro atoms. The summed E-state index contributed by atoms with van der Waals surface area (Å²) >= 11 is 0. The van der Waals surface area contributed by atoms with Crippen LogP contribution in [0.15, 0.2) is 48.5 Å². The van der Waals surface area contributed by atoms with E-state index in [2.05, 4.69) is 4.98 Å². The van der Waals surface area contributed by atoms with E-state index < -0.39 is 17.6 Å². The van der Waals surface area contributed by atoms with E-state index in [9.17, 15) is 14.7 Å². The number of ether oxygens (including phenoxy) is 2. The van der Waals surface area contributed by atoms with Crippen molar-refractivity contribution in [3.05, 3.63) is 59.6 Å². The number of pyridine rings is 1. The molecule has 0 fully saturated rings. The van der Waals surface area contributed by atoms with Crippen molar-refractivity contribution in [3.63, 3.8) is 0 Å². The SMILES string of the molecule is COc1ccc(C2=C(O)C(=O)N(Cc3ccncc3)C2=O)cc1OC. The fourth-order valence-corrected chi connectivity index (χ4v) is 2.63. The summed E-state index contributed by atoms with van der Waals surface area (Å²) in [6.45, 7) is 0.0566. The van der Waals surface area contributed by atoms with E-state index in [1.807, 2.05) is 0 Å². The summed E-state index contributed by atoms with van der Waals surface area (Å²) in [5.41, 5.74) is 1.06. The Bertz CT molecular complexity index is 861. The van der Waals surface area contributed by atoms with E-state index >= 15 is 0 Å². The number of aromatic nitrogens is 1. The molecule has 0 bridgehead atoms. The molecule has 1 aliphatic heterocycles. The largest absolute Gasteiger partial charge is 0.502 e. The van der Waals surface area contributed by atoms with E-state index in [1.54, 1.807) is 42.7 Å². The van der Waals surface area contributed by atoms with E-state index in [-0.39, 0.29) is 12.1 Å². The number of imide groups is 1. The second-order valence-corrected chi connectivity index (χ2v) is 5.35. The Morgan fingerprint density at radius 2 is 1.68 bits per heavy atom. The van der Waals surface area contributed by atoms with Crippen molar-refractivity contribution in [2.24, 2.45) is 0 Å². The third-order valence-electron chi connectivity index (χ3n) is 3.91. The summed E-state index contributed by atoms with van der Waals surface area (Å²) in [5.74, 6) is -0.991. The Morgan fingerprint density at radius 3 is 2.32 bits per heavy atom. The molecule has 0 atom stereocenters. The van der Waals surface area contributed by atoms with Crippen molar-refractivity contribution < 1.29 is 24.2 Å². The molecular formula is C18H16N2O5. The molecule has 128 valence electrons. The summed E-state index contributed by atoms with van der Waals surface area (Å²) in [6, 6.07) is 8.15. The number of benzene rings is 1. The van der Waals surface area contributed by atoms with Gasteiger partial charge in [-0.1, -0.05) is 6.07 Å². The third kappa shape index (κ3) is 2.91. The van der Waals surface area contributed by atoms with Crippen molar-refractivity contribution in [2.75, 3.05) is 14.2 Å². The molecule has 0 saturated heterocycles. The standard InChI is InChI=1S/C18H16N2O5/c1-24-13-4-3-12(9-14(13)25-2)15-16(21)18(23)20(17(15)22)10-11-5-7-19-8-6-11/h3-9,21H,10H2,1-2H3. The maximum Gasteiger partial charge on any atom is 0.296 e. The number of amides is 2. The molecule has 7 nitrogen and oxygen atoms in total. The van der Waals surface area contributed by atoms with Gasteiger partial charge in [0.15, 0.2) is 17.3 Å². The number of carbonyl (C=O) groups is 2. The predicted octanol–water partition coefficient (Wildman–Crippen LogP) is 1.94. The molecule has 1 aromatic carbocycles. The molecular weight excluding hydrogens is 324 g/mol. The van der Waals surface area contributed by atoms with Gasteiger partial charge < -0.3 is 14.6 Å². The molecule has 7 heteroatoms. The van der Waals surface area contributed by atoms with Crippen LogP contribution in [0.3, 0.4) is 0 Å². The Kier molecular flexibility index (Phi) is 4.38. The first-order valence-corrected chi connectivity index (χ1v) is 7.47. The molecule has 0 radical (unpaired) electrons. The lowest BCUT2D eigenvalue weighted by Crippen LogP contribution is -2.31. The van der Waals surface area contributed by atoms with Crippen molar-refractivity contribution in [3.8, 4) is 11.5 Å². The molecule has 1 N–H and O–H groups in total. The fraction of sp³-hybridized carbons (Fsp3) is 0.167. The molecule has 0 unspecified atom stereocenters. The van der Waals surface area contributed by atoms with Gasteiger partial charge in [-0.2, -0.15) is 0 Å². The van der Waals surface area contributed by atoms with Crippen LogP contribution < -0.4 is 9.47 Å². The van der Waals surface area contributed by atoms with Gasteiger partial charge in [0.2, 0.25) is 0 Å².